The molecular weight excluding hydrogens is 1760 g/mol. The Morgan fingerprint density at radius 1 is 0.138 bits per heavy atom. The van der Waals surface area contributed by atoms with Gasteiger partial charge in [-0.15, -0.1) is 0 Å². The number of fused-ring (bicyclic) bond motifs is 21. The lowest BCUT2D eigenvalue weighted by atomic mass is 9.95. The van der Waals surface area contributed by atoms with Gasteiger partial charge in [-0.1, -0.05) is 297 Å². The number of benzene rings is 20. The summed E-state index contributed by atoms with van der Waals surface area (Å²) in [5, 5.41) is 17.0. The van der Waals surface area contributed by atoms with Crippen molar-refractivity contribution in [2.45, 2.75) is 0 Å². The Morgan fingerprint density at radius 3 is 0.786 bits per heavy atom. The summed E-state index contributed by atoms with van der Waals surface area (Å²) in [6.07, 6.45) is 7.53. The number of rotatable bonds is 14. The van der Waals surface area contributed by atoms with Gasteiger partial charge in [0.05, 0.1) is 82.9 Å². The van der Waals surface area contributed by atoms with Gasteiger partial charge in [0.1, 0.15) is 5.82 Å². The average Bonchev–Trinajstić information content (AvgIpc) is 1.55. The van der Waals surface area contributed by atoms with Crippen LogP contribution in [0, 0.1) is 0 Å². The number of nitrogens with zero attached hydrogens (tertiary/aromatic N) is 10. The molecule has 0 amide bonds. The molecule has 145 heavy (non-hydrogen) atoms. The van der Waals surface area contributed by atoms with Crippen LogP contribution >= 0.6 is 0 Å². The van der Waals surface area contributed by atoms with Crippen LogP contribution in [0.5, 0.6) is 0 Å². The van der Waals surface area contributed by atoms with E-state index in [1.165, 1.54) is 147 Å². The molecule has 0 bridgehead atoms. The topological polar surface area (TPSA) is 73.2 Å². The molecule has 10 heteroatoms. The highest BCUT2D eigenvalue weighted by molar-refractivity contribution is 6.26. The molecule has 0 saturated heterocycles. The van der Waals surface area contributed by atoms with Crippen LogP contribution in [0.15, 0.2) is 522 Å². The van der Waals surface area contributed by atoms with E-state index in [0.29, 0.717) is 0 Å². The Balaban J connectivity index is 0.000000142. The summed E-state index contributed by atoms with van der Waals surface area (Å²) in [6, 6.07) is 181. The third-order valence-electron chi connectivity index (χ3n) is 29.8. The van der Waals surface area contributed by atoms with Crippen LogP contribution in [0.4, 0.5) is 0 Å². The van der Waals surface area contributed by atoms with Gasteiger partial charge in [0.2, 0.25) is 0 Å². The molecule has 0 unspecified atom stereocenters. The van der Waals surface area contributed by atoms with Crippen LogP contribution in [0.2, 0.25) is 0 Å². The number of hydrogen-bond donors (Lipinski definition) is 0. The molecule has 10 aromatic heterocycles. The second-order valence-corrected chi connectivity index (χ2v) is 37.7. The van der Waals surface area contributed by atoms with Crippen LogP contribution in [0.25, 0.3) is 271 Å². The maximum absolute atomic E-state index is 5.42. The zero-order valence-corrected chi connectivity index (χ0v) is 78.6. The van der Waals surface area contributed by atoms with E-state index in [-0.39, 0.29) is 0 Å². The van der Waals surface area contributed by atoms with Gasteiger partial charge in [-0.2, -0.15) is 0 Å². The van der Waals surface area contributed by atoms with E-state index in [4.69, 9.17) is 4.98 Å². The number of pyridine rings is 3. The first-order valence-electron chi connectivity index (χ1n) is 49.5. The van der Waals surface area contributed by atoms with Crippen LogP contribution < -0.4 is 0 Å². The Bertz CT molecular complexity index is 10300. The minimum Gasteiger partial charge on any atom is -0.309 e. The third-order valence-corrected chi connectivity index (χ3v) is 29.8. The van der Waals surface area contributed by atoms with Crippen molar-refractivity contribution in [3.05, 3.63) is 522 Å². The lowest BCUT2D eigenvalue weighted by Crippen LogP contribution is -2.00. The summed E-state index contributed by atoms with van der Waals surface area (Å²) in [5.74, 6) is 0.886. The van der Waals surface area contributed by atoms with Crippen LogP contribution in [0.3, 0.4) is 0 Å². The van der Waals surface area contributed by atoms with Crippen molar-refractivity contribution < 1.29 is 0 Å². The van der Waals surface area contributed by atoms with Gasteiger partial charge in [0.15, 0.2) is 0 Å². The second-order valence-electron chi connectivity index (χ2n) is 37.7. The highest BCUT2D eigenvalue weighted by Crippen LogP contribution is 2.50. The van der Waals surface area contributed by atoms with E-state index in [1.807, 2.05) is 36.9 Å². The molecule has 0 radical (unpaired) electrons. The van der Waals surface area contributed by atoms with Gasteiger partial charge in [-0.05, 0) is 256 Å². The van der Waals surface area contributed by atoms with Crippen molar-refractivity contribution in [3.8, 4) is 118 Å². The van der Waals surface area contributed by atoms with Gasteiger partial charge in [0, 0.05) is 151 Å². The molecule has 10 nitrogen and oxygen atoms in total. The van der Waals surface area contributed by atoms with Gasteiger partial charge < -0.3 is 27.4 Å². The highest BCUT2D eigenvalue weighted by atomic mass is 15.1. The lowest BCUT2D eigenvalue weighted by Gasteiger charge is -2.13. The molecule has 30 aromatic rings. The summed E-state index contributed by atoms with van der Waals surface area (Å²) in [4.78, 5) is 14.3. The maximum atomic E-state index is 5.42. The van der Waals surface area contributed by atoms with Crippen molar-refractivity contribution >= 4 is 153 Å². The number of aromatic nitrogens is 10. The molecule has 0 atom stereocenters. The fraction of sp³-hybridized carbons (Fsp3) is 0. The third kappa shape index (κ3) is 13.3. The predicted molar refractivity (Wildman–Crippen MR) is 605 cm³/mol. The lowest BCUT2D eigenvalue weighted by molar-refractivity contribution is 1.08. The van der Waals surface area contributed by atoms with Gasteiger partial charge in [-0.25, -0.2) is 4.98 Å². The molecule has 0 spiro atoms. The molecule has 0 fully saturated rings. The maximum Gasteiger partial charge on any atom is 0.138 e. The van der Waals surface area contributed by atoms with Crippen molar-refractivity contribution in [1.82, 2.24) is 46.9 Å². The first-order chi connectivity index (χ1) is 72.0. The largest absolute Gasteiger partial charge is 0.309 e. The van der Waals surface area contributed by atoms with Crippen molar-refractivity contribution in [3.63, 3.8) is 0 Å². The number of hydrogen-bond acceptors (Lipinski definition) is 3. The monoisotopic (exact) mass is 1850 g/mol. The molecule has 30 rings (SSSR count). The Labute approximate surface area is 833 Å². The molecule has 0 aliphatic heterocycles. The minimum atomic E-state index is 0.886. The molecule has 0 saturated carbocycles. The van der Waals surface area contributed by atoms with Gasteiger partial charge in [-0.3, -0.25) is 14.5 Å². The van der Waals surface area contributed by atoms with E-state index in [9.17, 15) is 0 Å². The average molecular weight is 1850 g/mol. The molecule has 676 valence electrons. The molecule has 0 aliphatic rings. The predicted octanol–water partition coefficient (Wildman–Crippen LogP) is 34.9. The highest BCUT2D eigenvalue weighted by Gasteiger charge is 2.28. The van der Waals surface area contributed by atoms with E-state index in [1.54, 1.807) is 0 Å². The summed E-state index contributed by atoms with van der Waals surface area (Å²) in [6.45, 7) is 0. The quantitative estimate of drug-likeness (QED) is 0.109. The molecular formula is C135H86N10. The smallest absolute Gasteiger partial charge is 0.138 e. The summed E-state index contributed by atoms with van der Waals surface area (Å²) in [7, 11) is 0. The molecule has 0 N–H and O–H groups in total. The van der Waals surface area contributed by atoms with E-state index < -0.39 is 0 Å². The fourth-order valence-electron chi connectivity index (χ4n) is 23.5. The molecule has 10 heterocycles. The van der Waals surface area contributed by atoms with Crippen LogP contribution in [0.1, 0.15) is 0 Å². The normalized spacial score (nSPS) is 11.9. The van der Waals surface area contributed by atoms with Gasteiger partial charge in [0.25, 0.3) is 0 Å². The van der Waals surface area contributed by atoms with Crippen LogP contribution in [-0.4, -0.2) is 46.9 Å². The first kappa shape index (κ1) is 82.5. The molecule has 20 aromatic carbocycles. The van der Waals surface area contributed by atoms with Crippen molar-refractivity contribution in [2.24, 2.45) is 0 Å². The molecule has 0 aliphatic carbocycles. The van der Waals surface area contributed by atoms with E-state index >= 15 is 0 Å². The Kier molecular flexibility index (Phi) is 19.1. The SMILES string of the molecule is c1ccc(-c2cc(-c3ccccc3)nc(-n3c4ccccc4c4c(-c5cccc6c5c5ccccc5n6-c5ccc6c(c5)c5ccccc5n6-c5ccccc5)cccc43)c2)cc1.c1ccc(-c2ccc3c(c2)c2cc(-n4c5ccccc5c5c(-c6cccc7c6c6ccccc6n7-c6ccc(-n7c8ccc(-c9cccnc9)cc8c8cc(-c9cccnc9)ccc87)cc6)cccc54)ccc2n3-c2ccccc2)cc1. The summed E-state index contributed by atoms with van der Waals surface area (Å²) >= 11 is 0. The minimum absolute atomic E-state index is 0.886. The zero-order chi connectivity index (χ0) is 95.3. The zero-order valence-electron chi connectivity index (χ0n) is 78.6. The van der Waals surface area contributed by atoms with E-state index in [2.05, 4.69) is 527 Å². The van der Waals surface area contributed by atoms with Crippen molar-refractivity contribution in [1.29, 1.82) is 0 Å². The summed E-state index contributed by atoms with van der Waals surface area (Å²) in [5.41, 5.74) is 39.0. The second kappa shape index (κ2) is 33.6. The van der Waals surface area contributed by atoms with E-state index in [0.717, 1.165) is 123 Å². The Morgan fingerprint density at radius 2 is 0.400 bits per heavy atom. The first-order valence-corrected chi connectivity index (χ1v) is 49.5. The summed E-state index contributed by atoms with van der Waals surface area (Å²) < 4.78 is 16.9. The fourth-order valence-corrected chi connectivity index (χ4v) is 23.5. The van der Waals surface area contributed by atoms with Crippen molar-refractivity contribution in [2.75, 3.05) is 0 Å². The van der Waals surface area contributed by atoms with Crippen LogP contribution in [-0.2, 0) is 0 Å². The standard InChI is InChI=1S/C76H48N6.C59H38N4/c1-3-15-49(16-4-1)50-29-37-71-65(43-50)66-46-58(36-40-72(66)79(71)55-19-5-2-6-20-55)82-68-26-10-8-22-62(68)76-60(24-12-28-74(76)82)59-23-11-27-73-75(59)61-21-7-9-25-67(61)81(73)57-34-32-56(33-35-57)80-69-38-30-51(53-17-13-41-77-47-53)44-63(69)64-45-52(31-39-70(64)80)54-18-14-42-78-48-54;1-4-18-39(19-5-1)41-36-50(40-20-6-2-7-21-40)60-57(37-41)63-53-31-15-12-26-48(53)59-46(28-17-33-56(59)63)45-27-16-32-55-58(45)47-25-11-14-30-52(47)62(55)43-34-35-54-49(38-43)44-24-10-13-29-51(44)61(54)42-22-8-3-9-23-42/h1-48H;1-38H. The van der Waals surface area contributed by atoms with Gasteiger partial charge >= 0.3 is 0 Å². The Hall–Kier alpha value is -19.6. The number of para-hydroxylation sites is 7.